The Kier molecular flexibility index (Phi) is 5.82. The van der Waals surface area contributed by atoms with E-state index in [4.69, 9.17) is 0 Å². The van der Waals surface area contributed by atoms with E-state index in [1.807, 2.05) is 17.2 Å². The Morgan fingerprint density at radius 2 is 2.08 bits per heavy atom. The van der Waals surface area contributed by atoms with Crippen molar-refractivity contribution in [3.63, 3.8) is 0 Å². The zero-order chi connectivity index (χ0) is 17.6. The van der Waals surface area contributed by atoms with Crippen molar-refractivity contribution in [2.24, 2.45) is 0 Å². The SMILES string of the molecule is CC(C)c1ccc(CCC(=O)N2CCNCC2c2cccnc2)cc1. The van der Waals surface area contributed by atoms with Crippen LogP contribution in [0.4, 0.5) is 0 Å². The second kappa shape index (κ2) is 8.26. The number of hydrogen-bond donors (Lipinski definition) is 1. The molecule has 25 heavy (non-hydrogen) atoms. The van der Waals surface area contributed by atoms with E-state index in [1.165, 1.54) is 11.1 Å². The van der Waals surface area contributed by atoms with Gasteiger partial charge in [-0.1, -0.05) is 44.2 Å². The molecule has 4 nitrogen and oxygen atoms in total. The Labute approximate surface area is 150 Å². The third kappa shape index (κ3) is 4.45. The predicted octanol–water partition coefficient (Wildman–Crippen LogP) is 3.31. The van der Waals surface area contributed by atoms with Crippen molar-refractivity contribution < 1.29 is 4.79 Å². The Morgan fingerprint density at radius 3 is 2.76 bits per heavy atom. The van der Waals surface area contributed by atoms with Crippen LogP contribution < -0.4 is 5.32 Å². The normalized spacial score (nSPS) is 17.7. The maximum Gasteiger partial charge on any atom is 0.223 e. The standard InChI is InChI=1S/C21H27N3O/c1-16(2)18-8-5-17(6-9-18)7-10-21(25)24-13-12-23-15-20(24)19-4-3-11-22-14-19/h3-6,8-9,11,14,16,20,23H,7,10,12-13,15H2,1-2H3. The summed E-state index contributed by atoms with van der Waals surface area (Å²) in [6, 6.07) is 12.7. The van der Waals surface area contributed by atoms with Crippen molar-refractivity contribution >= 4 is 5.91 Å². The van der Waals surface area contributed by atoms with Crippen molar-refractivity contribution in [3.8, 4) is 0 Å². The molecule has 1 saturated heterocycles. The number of aromatic nitrogens is 1. The van der Waals surface area contributed by atoms with Gasteiger partial charge in [-0.15, -0.1) is 0 Å². The first-order valence-electron chi connectivity index (χ1n) is 9.14. The van der Waals surface area contributed by atoms with Gasteiger partial charge in [-0.2, -0.15) is 0 Å². The maximum absolute atomic E-state index is 12.8. The summed E-state index contributed by atoms with van der Waals surface area (Å²) in [6.07, 6.45) is 4.98. The van der Waals surface area contributed by atoms with Crippen LogP contribution in [0.2, 0.25) is 0 Å². The van der Waals surface area contributed by atoms with Gasteiger partial charge in [-0.25, -0.2) is 0 Å². The number of rotatable bonds is 5. The fourth-order valence-electron chi connectivity index (χ4n) is 3.34. The minimum atomic E-state index is 0.0817. The highest BCUT2D eigenvalue weighted by Crippen LogP contribution is 2.23. The van der Waals surface area contributed by atoms with Crippen molar-refractivity contribution in [1.29, 1.82) is 0 Å². The van der Waals surface area contributed by atoms with Crippen LogP contribution in [0.15, 0.2) is 48.8 Å². The lowest BCUT2D eigenvalue weighted by Crippen LogP contribution is -2.48. The van der Waals surface area contributed by atoms with Gasteiger partial charge < -0.3 is 10.2 Å². The molecule has 1 fully saturated rings. The Balaban J connectivity index is 1.63. The average molecular weight is 337 g/mol. The number of carbonyl (C=O) groups excluding carboxylic acids is 1. The van der Waals surface area contributed by atoms with Crippen LogP contribution in [-0.2, 0) is 11.2 Å². The molecule has 1 atom stereocenters. The molecule has 1 unspecified atom stereocenters. The number of aryl methyl sites for hydroxylation is 1. The van der Waals surface area contributed by atoms with Crippen LogP contribution in [0.5, 0.6) is 0 Å². The first-order chi connectivity index (χ1) is 12.1. The fraction of sp³-hybridized carbons (Fsp3) is 0.429. The molecule has 4 heteroatoms. The highest BCUT2D eigenvalue weighted by atomic mass is 16.2. The minimum absolute atomic E-state index is 0.0817. The van der Waals surface area contributed by atoms with Crippen molar-refractivity contribution in [1.82, 2.24) is 15.2 Å². The largest absolute Gasteiger partial charge is 0.333 e. The van der Waals surface area contributed by atoms with Gasteiger partial charge in [0, 0.05) is 38.4 Å². The van der Waals surface area contributed by atoms with E-state index in [1.54, 1.807) is 6.20 Å². The number of nitrogens with one attached hydrogen (secondary N) is 1. The van der Waals surface area contributed by atoms with E-state index >= 15 is 0 Å². The molecule has 0 spiro atoms. The van der Waals surface area contributed by atoms with E-state index in [0.29, 0.717) is 12.3 Å². The number of nitrogens with zero attached hydrogens (tertiary/aromatic N) is 2. The molecule has 0 radical (unpaired) electrons. The molecule has 1 N–H and O–H groups in total. The van der Waals surface area contributed by atoms with Gasteiger partial charge in [0.2, 0.25) is 5.91 Å². The molecule has 1 aliphatic heterocycles. The number of piperazine rings is 1. The summed E-state index contributed by atoms with van der Waals surface area (Å²) < 4.78 is 0. The Bertz CT molecular complexity index is 682. The highest BCUT2D eigenvalue weighted by molar-refractivity contribution is 5.77. The van der Waals surface area contributed by atoms with Crippen molar-refractivity contribution in [3.05, 3.63) is 65.5 Å². The molecule has 132 valence electrons. The van der Waals surface area contributed by atoms with Gasteiger partial charge in [-0.05, 0) is 35.1 Å². The molecular weight excluding hydrogens is 310 g/mol. The lowest BCUT2D eigenvalue weighted by molar-refractivity contribution is -0.134. The monoisotopic (exact) mass is 337 g/mol. The quantitative estimate of drug-likeness (QED) is 0.910. The van der Waals surface area contributed by atoms with Crippen LogP contribution in [0.25, 0.3) is 0 Å². The molecular formula is C21H27N3O. The summed E-state index contributed by atoms with van der Waals surface area (Å²) in [5, 5.41) is 3.39. The van der Waals surface area contributed by atoms with E-state index < -0.39 is 0 Å². The second-order valence-corrected chi connectivity index (χ2v) is 6.99. The number of amides is 1. The van der Waals surface area contributed by atoms with E-state index in [2.05, 4.69) is 54.5 Å². The summed E-state index contributed by atoms with van der Waals surface area (Å²) in [4.78, 5) is 19.0. The molecule has 0 saturated carbocycles. The van der Waals surface area contributed by atoms with Crippen LogP contribution in [0, 0.1) is 0 Å². The summed E-state index contributed by atoms with van der Waals surface area (Å²) >= 11 is 0. The Hall–Kier alpha value is -2.20. The number of hydrogen-bond acceptors (Lipinski definition) is 3. The summed E-state index contributed by atoms with van der Waals surface area (Å²) in [6.45, 7) is 6.79. The lowest BCUT2D eigenvalue weighted by atomic mass is 9.99. The molecule has 3 rings (SSSR count). The van der Waals surface area contributed by atoms with Crippen LogP contribution >= 0.6 is 0 Å². The molecule has 0 aliphatic carbocycles. The molecule has 0 bridgehead atoms. The van der Waals surface area contributed by atoms with E-state index in [9.17, 15) is 4.79 Å². The number of carbonyl (C=O) groups is 1. The van der Waals surface area contributed by atoms with Crippen LogP contribution in [0.3, 0.4) is 0 Å². The number of pyridine rings is 1. The first kappa shape index (κ1) is 17.6. The zero-order valence-electron chi connectivity index (χ0n) is 15.1. The second-order valence-electron chi connectivity index (χ2n) is 6.99. The third-order valence-corrected chi connectivity index (χ3v) is 4.91. The lowest BCUT2D eigenvalue weighted by Gasteiger charge is -2.36. The number of benzene rings is 1. The van der Waals surface area contributed by atoms with Gasteiger partial charge in [0.1, 0.15) is 0 Å². The van der Waals surface area contributed by atoms with E-state index in [-0.39, 0.29) is 11.9 Å². The highest BCUT2D eigenvalue weighted by Gasteiger charge is 2.27. The maximum atomic E-state index is 12.8. The predicted molar refractivity (Wildman–Crippen MR) is 100 cm³/mol. The fourth-order valence-corrected chi connectivity index (χ4v) is 3.34. The summed E-state index contributed by atoms with van der Waals surface area (Å²) in [7, 11) is 0. The third-order valence-electron chi connectivity index (χ3n) is 4.91. The average Bonchev–Trinajstić information content (AvgIpc) is 2.67. The van der Waals surface area contributed by atoms with Gasteiger partial charge in [0.25, 0.3) is 0 Å². The van der Waals surface area contributed by atoms with E-state index in [0.717, 1.165) is 31.6 Å². The molecule has 2 aromatic rings. The van der Waals surface area contributed by atoms with Crippen molar-refractivity contribution in [2.75, 3.05) is 19.6 Å². The van der Waals surface area contributed by atoms with Crippen molar-refractivity contribution in [2.45, 2.75) is 38.6 Å². The smallest absolute Gasteiger partial charge is 0.223 e. The Morgan fingerprint density at radius 1 is 1.28 bits per heavy atom. The summed E-state index contributed by atoms with van der Waals surface area (Å²) in [5.41, 5.74) is 3.67. The molecule has 1 aromatic heterocycles. The molecule has 1 aromatic carbocycles. The topological polar surface area (TPSA) is 45.2 Å². The minimum Gasteiger partial charge on any atom is -0.333 e. The van der Waals surface area contributed by atoms with Gasteiger partial charge in [0.05, 0.1) is 6.04 Å². The van der Waals surface area contributed by atoms with Crippen LogP contribution in [-0.4, -0.2) is 35.4 Å². The van der Waals surface area contributed by atoms with Gasteiger partial charge in [0.15, 0.2) is 0 Å². The molecule has 1 amide bonds. The van der Waals surface area contributed by atoms with Gasteiger partial charge in [-0.3, -0.25) is 9.78 Å². The molecule has 1 aliphatic rings. The first-order valence-corrected chi connectivity index (χ1v) is 9.14. The van der Waals surface area contributed by atoms with Crippen LogP contribution in [0.1, 0.15) is 48.9 Å². The zero-order valence-corrected chi connectivity index (χ0v) is 15.1. The van der Waals surface area contributed by atoms with Gasteiger partial charge >= 0.3 is 0 Å². The molecule has 2 heterocycles. The summed E-state index contributed by atoms with van der Waals surface area (Å²) in [5.74, 6) is 0.764.